The Morgan fingerprint density at radius 2 is 1.95 bits per heavy atom. The van der Waals surface area contributed by atoms with E-state index in [1.54, 1.807) is 11.0 Å². The van der Waals surface area contributed by atoms with Crippen LogP contribution in [0.25, 0.3) is 0 Å². The molecule has 1 aromatic rings. The van der Waals surface area contributed by atoms with E-state index in [1.807, 2.05) is 20.8 Å². The van der Waals surface area contributed by atoms with Crippen molar-refractivity contribution in [2.24, 2.45) is 5.41 Å². The standard InChI is InChI=1S/C15H19F3N2O/c1-14(2,3)9-20-12(21)8-19-13(20)10-5-4-6-11(7-10)15(16,17)18/h4-7,13,19H,8-9H2,1-3H3. The fourth-order valence-electron chi connectivity index (χ4n) is 2.41. The van der Waals surface area contributed by atoms with Crippen LogP contribution in [0.2, 0.25) is 0 Å². The Morgan fingerprint density at radius 3 is 2.52 bits per heavy atom. The third-order valence-electron chi connectivity index (χ3n) is 3.25. The highest BCUT2D eigenvalue weighted by atomic mass is 19.4. The molecule has 1 aliphatic rings. The first-order chi connectivity index (χ1) is 9.58. The van der Waals surface area contributed by atoms with Crippen LogP contribution in [-0.2, 0) is 11.0 Å². The monoisotopic (exact) mass is 300 g/mol. The molecule has 1 N–H and O–H groups in total. The molecule has 116 valence electrons. The van der Waals surface area contributed by atoms with Gasteiger partial charge in [0.1, 0.15) is 6.17 Å². The number of hydrogen-bond acceptors (Lipinski definition) is 2. The minimum absolute atomic E-state index is 0.0904. The van der Waals surface area contributed by atoms with E-state index in [-0.39, 0.29) is 17.9 Å². The number of carbonyl (C=O) groups excluding carboxylic acids is 1. The Morgan fingerprint density at radius 1 is 1.29 bits per heavy atom. The lowest BCUT2D eigenvalue weighted by atomic mass is 9.95. The van der Waals surface area contributed by atoms with Crippen LogP contribution in [0.4, 0.5) is 13.2 Å². The van der Waals surface area contributed by atoms with Gasteiger partial charge in [-0.1, -0.05) is 32.9 Å². The Labute approximate surface area is 122 Å². The smallest absolute Gasteiger partial charge is 0.321 e. The first-order valence-corrected chi connectivity index (χ1v) is 6.78. The van der Waals surface area contributed by atoms with Crippen molar-refractivity contribution in [3.05, 3.63) is 35.4 Å². The Hall–Kier alpha value is -1.56. The zero-order chi connectivity index (χ0) is 15.8. The molecule has 0 saturated carbocycles. The predicted octanol–water partition coefficient (Wildman–Crippen LogP) is 3.18. The van der Waals surface area contributed by atoms with Gasteiger partial charge in [-0.3, -0.25) is 10.1 Å². The maximum atomic E-state index is 12.8. The first-order valence-electron chi connectivity index (χ1n) is 6.78. The number of carbonyl (C=O) groups is 1. The lowest BCUT2D eigenvalue weighted by molar-refractivity contribution is -0.137. The average molecular weight is 300 g/mol. The van der Waals surface area contributed by atoms with Gasteiger partial charge >= 0.3 is 6.18 Å². The topological polar surface area (TPSA) is 32.3 Å². The number of rotatable bonds is 2. The summed E-state index contributed by atoms with van der Waals surface area (Å²) in [5.41, 5.74) is -0.363. The second-order valence-corrected chi connectivity index (χ2v) is 6.49. The number of alkyl halides is 3. The van der Waals surface area contributed by atoms with E-state index in [1.165, 1.54) is 6.07 Å². The molecule has 21 heavy (non-hydrogen) atoms. The van der Waals surface area contributed by atoms with Gasteiger partial charge < -0.3 is 4.90 Å². The third-order valence-corrected chi connectivity index (χ3v) is 3.25. The lowest BCUT2D eigenvalue weighted by Gasteiger charge is -2.31. The van der Waals surface area contributed by atoms with Gasteiger partial charge in [0.15, 0.2) is 0 Å². The highest BCUT2D eigenvalue weighted by Crippen LogP contribution is 2.33. The minimum Gasteiger partial charge on any atom is -0.321 e. The number of hydrogen-bond donors (Lipinski definition) is 1. The summed E-state index contributed by atoms with van der Waals surface area (Å²) in [5.74, 6) is -0.0904. The van der Waals surface area contributed by atoms with Crippen molar-refractivity contribution >= 4 is 5.91 Å². The SMILES string of the molecule is CC(C)(C)CN1C(=O)CNC1c1cccc(C(F)(F)F)c1. The second kappa shape index (κ2) is 5.33. The van der Waals surface area contributed by atoms with Gasteiger partial charge in [-0.15, -0.1) is 0 Å². The van der Waals surface area contributed by atoms with Gasteiger partial charge in [-0.25, -0.2) is 0 Å². The molecule has 2 rings (SSSR count). The molecule has 0 aliphatic carbocycles. The van der Waals surface area contributed by atoms with Gasteiger partial charge in [0, 0.05) is 6.54 Å². The fourth-order valence-corrected chi connectivity index (χ4v) is 2.41. The second-order valence-electron chi connectivity index (χ2n) is 6.49. The summed E-state index contributed by atoms with van der Waals surface area (Å²) < 4.78 is 38.4. The normalized spacial score (nSPS) is 20.2. The maximum Gasteiger partial charge on any atom is 0.416 e. The molecule has 3 nitrogen and oxygen atoms in total. The van der Waals surface area contributed by atoms with Crippen molar-refractivity contribution in [2.45, 2.75) is 33.1 Å². The van der Waals surface area contributed by atoms with Gasteiger partial charge in [0.05, 0.1) is 12.1 Å². The van der Waals surface area contributed by atoms with Crippen LogP contribution in [0.15, 0.2) is 24.3 Å². The molecule has 1 heterocycles. The van der Waals surface area contributed by atoms with Crippen molar-refractivity contribution in [3.63, 3.8) is 0 Å². The number of halogens is 3. The summed E-state index contributed by atoms with van der Waals surface area (Å²) in [6.07, 6.45) is -4.88. The van der Waals surface area contributed by atoms with E-state index in [0.717, 1.165) is 12.1 Å². The maximum absolute atomic E-state index is 12.8. The Kier molecular flexibility index (Phi) is 4.02. The molecule has 1 aliphatic heterocycles. The summed E-state index contributed by atoms with van der Waals surface area (Å²) >= 11 is 0. The fraction of sp³-hybridized carbons (Fsp3) is 0.533. The molecule has 1 fully saturated rings. The van der Waals surface area contributed by atoms with Crippen LogP contribution in [-0.4, -0.2) is 23.9 Å². The van der Waals surface area contributed by atoms with E-state index in [4.69, 9.17) is 0 Å². The molecule has 0 radical (unpaired) electrons. The molecule has 1 saturated heterocycles. The van der Waals surface area contributed by atoms with Gasteiger partial charge in [0.25, 0.3) is 0 Å². The zero-order valence-corrected chi connectivity index (χ0v) is 12.3. The van der Waals surface area contributed by atoms with Crippen LogP contribution in [0.3, 0.4) is 0 Å². The van der Waals surface area contributed by atoms with Gasteiger partial charge in [-0.05, 0) is 23.1 Å². The molecule has 0 aromatic heterocycles. The zero-order valence-electron chi connectivity index (χ0n) is 12.3. The summed E-state index contributed by atoms with van der Waals surface area (Å²) in [6, 6.07) is 5.12. The lowest BCUT2D eigenvalue weighted by Crippen LogP contribution is -2.37. The van der Waals surface area contributed by atoms with E-state index in [0.29, 0.717) is 12.1 Å². The van der Waals surface area contributed by atoms with Gasteiger partial charge in [-0.2, -0.15) is 13.2 Å². The minimum atomic E-state index is -4.38. The van der Waals surface area contributed by atoms with E-state index in [2.05, 4.69) is 5.32 Å². The van der Waals surface area contributed by atoms with Crippen molar-refractivity contribution in [1.82, 2.24) is 10.2 Å². The quantitative estimate of drug-likeness (QED) is 0.910. The Balaban J connectivity index is 2.30. The molecule has 0 spiro atoms. The number of nitrogens with zero attached hydrogens (tertiary/aromatic N) is 1. The number of amides is 1. The molecule has 0 bridgehead atoms. The van der Waals surface area contributed by atoms with Crippen molar-refractivity contribution in [1.29, 1.82) is 0 Å². The molecular weight excluding hydrogens is 281 g/mol. The van der Waals surface area contributed by atoms with E-state index >= 15 is 0 Å². The predicted molar refractivity (Wildman–Crippen MR) is 73.4 cm³/mol. The van der Waals surface area contributed by atoms with Crippen LogP contribution < -0.4 is 5.32 Å². The molecule has 1 amide bonds. The van der Waals surface area contributed by atoms with E-state index in [9.17, 15) is 18.0 Å². The van der Waals surface area contributed by atoms with Crippen molar-refractivity contribution in [3.8, 4) is 0 Å². The van der Waals surface area contributed by atoms with Crippen molar-refractivity contribution in [2.75, 3.05) is 13.1 Å². The summed E-state index contributed by atoms with van der Waals surface area (Å²) in [6.45, 7) is 6.60. The number of nitrogens with one attached hydrogen (secondary N) is 1. The van der Waals surface area contributed by atoms with E-state index < -0.39 is 17.9 Å². The first kappa shape index (κ1) is 15.8. The molecule has 6 heteroatoms. The van der Waals surface area contributed by atoms with Gasteiger partial charge in [0.2, 0.25) is 5.91 Å². The van der Waals surface area contributed by atoms with Crippen molar-refractivity contribution < 1.29 is 18.0 Å². The molecule has 1 atom stereocenters. The Bertz CT molecular complexity index is 534. The highest BCUT2D eigenvalue weighted by Gasteiger charge is 2.36. The average Bonchev–Trinajstić information content (AvgIpc) is 2.68. The molecule has 1 unspecified atom stereocenters. The van der Waals surface area contributed by atoms with Crippen LogP contribution in [0.1, 0.15) is 38.1 Å². The summed E-state index contributed by atoms with van der Waals surface area (Å²) in [7, 11) is 0. The van der Waals surface area contributed by atoms with Crippen LogP contribution in [0, 0.1) is 5.41 Å². The highest BCUT2D eigenvalue weighted by molar-refractivity contribution is 5.81. The van der Waals surface area contributed by atoms with Crippen LogP contribution >= 0.6 is 0 Å². The molecular formula is C15H19F3N2O. The third kappa shape index (κ3) is 3.75. The molecule has 1 aromatic carbocycles. The largest absolute Gasteiger partial charge is 0.416 e. The summed E-state index contributed by atoms with van der Waals surface area (Å²) in [4.78, 5) is 13.6. The van der Waals surface area contributed by atoms with Crippen LogP contribution in [0.5, 0.6) is 0 Å². The summed E-state index contributed by atoms with van der Waals surface area (Å²) in [5, 5.41) is 2.98. The number of benzene rings is 1.